The minimum Gasteiger partial charge on any atom is -0.309 e. The van der Waals surface area contributed by atoms with Crippen LogP contribution in [-0.2, 0) is 6.18 Å². The number of aryl methyl sites for hydroxylation is 1. The van der Waals surface area contributed by atoms with Gasteiger partial charge in [0.25, 0.3) is 0 Å². The Hall–Kier alpha value is -1.33. The van der Waals surface area contributed by atoms with E-state index in [2.05, 4.69) is 5.32 Å². The molecular weight excluding hydrogens is 271 g/mol. The number of hydrogen-bond acceptors (Lipinski definition) is 2. The number of benzene rings is 1. The van der Waals surface area contributed by atoms with Crippen molar-refractivity contribution >= 4 is 11.3 Å². The summed E-state index contributed by atoms with van der Waals surface area (Å²) < 4.78 is 37.6. The molecule has 1 nitrogen and oxygen atoms in total. The number of hydrogen-bond donors (Lipinski definition) is 1. The van der Waals surface area contributed by atoms with Gasteiger partial charge >= 0.3 is 6.18 Å². The third-order valence-corrected chi connectivity index (χ3v) is 3.95. The van der Waals surface area contributed by atoms with Crippen LogP contribution >= 0.6 is 11.3 Å². The molecule has 1 aromatic heterocycles. The van der Waals surface area contributed by atoms with Crippen molar-refractivity contribution in [3.05, 3.63) is 57.3 Å². The first-order valence-electron chi connectivity index (χ1n) is 5.80. The molecule has 1 N–H and O–H groups in total. The maximum atomic E-state index is 12.5. The van der Waals surface area contributed by atoms with Gasteiger partial charge in [0.2, 0.25) is 0 Å². The Labute approximate surface area is 114 Å². The van der Waals surface area contributed by atoms with Crippen LogP contribution in [0.3, 0.4) is 0 Å². The third kappa shape index (κ3) is 2.98. The monoisotopic (exact) mass is 285 g/mol. The summed E-state index contributed by atoms with van der Waals surface area (Å²) in [6, 6.07) is 5.24. The van der Waals surface area contributed by atoms with E-state index in [4.69, 9.17) is 0 Å². The molecule has 2 aromatic rings. The van der Waals surface area contributed by atoms with Gasteiger partial charge in [-0.2, -0.15) is 24.5 Å². The Morgan fingerprint density at radius 3 is 2.16 bits per heavy atom. The van der Waals surface area contributed by atoms with Crippen LogP contribution in [0.1, 0.15) is 28.3 Å². The number of alkyl halides is 3. The van der Waals surface area contributed by atoms with Crippen molar-refractivity contribution in [2.24, 2.45) is 0 Å². The van der Waals surface area contributed by atoms with Crippen molar-refractivity contribution in [3.63, 3.8) is 0 Å². The van der Waals surface area contributed by atoms with E-state index in [1.54, 1.807) is 18.4 Å². The van der Waals surface area contributed by atoms with Gasteiger partial charge in [-0.3, -0.25) is 0 Å². The van der Waals surface area contributed by atoms with Gasteiger partial charge in [-0.15, -0.1) is 0 Å². The lowest BCUT2D eigenvalue weighted by Gasteiger charge is -2.17. The fourth-order valence-electron chi connectivity index (χ4n) is 2.03. The zero-order valence-corrected chi connectivity index (χ0v) is 11.4. The lowest BCUT2D eigenvalue weighted by atomic mass is 9.97. The van der Waals surface area contributed by atoms with Crippen molar-refractivity contribution in [1.82, 2.24) is 5.32 Å². The average molecular weight is 285 g/mol. The molecule has 1 unspecified atom stereocenters. The van der Waals surface area contributed by atoms with E-state index in [0.717, 1.165) is 28.8 Å². The SMILES string of the molecule is CNC(c1ccc(C(F)(F)F)cc1)c1cscc1C. The Balaban J connectivity index is 2.33. The van der Waals surface area contributed by atoms with Gasteiger partial charge in [0.1, 0.15) is 0 Å². The van der Waals surface area contributed by atoms with Gasteiger partial charge in [-0.05, 0) is 53.6 Å². The normalized spacial score (nSPS) is 13.5. The molecular formula is C14H14F3NS. The summed E-state index contributed by atoms with van der Waals surface area (Å²) in [7, 11) is 1.81. The molecule has 0 spiro atoms. The van der Waals surface area contributed by atoms with Crippen LogP contribution in [0.2, 0.25) is 0 Å². The summed E-state index contributed by atoms with van der Waals surface area (Å²) in [6.45, 7) is 2.00. The van der Waals surface area contributed by atoms with Crippen molar-refractivity contribution in [3.8, 4) is 0 Å². The number of thiophene rings is 1. The second-order valence-electron chi connectivity index (χ2n) is 4.35. The standard InChI is InChI=1S/C14H14F3NS/c1-9-7-19-8-12(9)13(18-2)10-3-5-11(6-4-10)14(15,16)17/h3-8,13,18H,1-2H3. The van der Waals surface area contributed by atoms with Crippen LogP contribution in [-0.4, -0.2) is 7.05 Å². The van der Waals surface area contributed by atoms with E-state index in [-0.39, 0.29) is 6.04 Å². The summed E-state index contributed by atoms with van der Waals surface area (Å²) in [5.74, 6) is 0. The predicted molar refractivity (Wildman–Crippen MR) is 71.4 cm³/mol. The summed E-state index contributed by atoms with van der Waals surface area (Å²) in [6.07, 6.45) is -4.29. The highest BCUT2D eigenvalue weighted by atomic mass is 32.1. The Bertz CT molecular complexity index is 543. The predicted octanol–water partition coefficient (Wildman–Crippen LogP) is 4.38. The maximum Gasteiger partial charge on any atom is 0.416 e. The fraction of sp³-hybridized carbons (Fsp3) is 0.286. The van der Waals surface area contributed by atoms with E-state index < -0.39 is 11.7 Å². The minimum atomic E-state index is -4.29. The Kier molecular flexibility index (Phi) is 3.96. The van der Waals surface area contributed by atoms with Crippen molar-refractivity contribution in [2.75, 3.05) is 7.05 Å². The molecule has 0 radical (unpaired) electrons. The molecule has 0 aliphatic rings. The van der Waals surface area contributed by atoms with E-state index in [0.29, 0.717) is 0 Å². The molecule has 0 saturated carbocycles. The van der Waals surface area contributed by atoms with Crippen LogP contribution in [0.15, 0.2) is 35.0 Å². The highest BCUT2D eigenvalue weighted by Crippen LogP contribution is 2.32. The first kappa shape index (κ1) is 14.1. The van der Waals surface area contributed by atoms with Crippen molar-refractivity contribution < 1.29 is 13.2 Å². The second-order valence-corrected chi connectivity index (χ2v) is 5.10. The molecule has 2 rings (SSSR count). The number of halogens is 3. The average Bonchev–Trinajstić information content (AvgIpc) is 2.76. The van der Waals surface area contributed by atoms with Crippen molar-refractivity contribution in [2.45, 2.75) is 19.1 Å². The molecule has 19 heavy (non-hydrogen) atoms. The van der Waals surface area contributed by atoms with Crippen LogP contribution in [0, 0.1) is 6.92 Å². The number of rotatable bonds is 3. The van der Waals surface area contributed by atoms with Crippen LogP contribution in [0.4, 0.5) is 13.2 Å². The largest absolute Gasteiger partial charge is 0.416 e. The zero-order chi connectivity index (χ0) is 14.0. The highest BCUT2D eigenvalue weighted by molar-refractivity contribution is 7.08. The van der Waals surface area contributed by atoms with E-state index in [1.165, 1.54) is 12.1 Å². The molecule has 5 heteroatoms. The molecule has 0 amide bonds. The molecule has 0 fully saturated rings. The van der Waals surface area contributed by atoms with Gasteiger partial charge in [0.05, 0.1) is 11.6 Å². The van der Waals surface area contributed by atoms with Gasteiger partial charge < -0.3 is 5.32 Å². The minimum absolute atomic E-state index is 0.0754. The summed E-state index contributed by atoms with van der Waals surface area (Å²) in [4.78, 5) is 0. The zero-order valence-electron chi connectivity index (χ0n) is 10.6. The molecule has 1 aromatic carbocycles. The molecule has 0 aliphatic carbocycles. The summed E-state index contributed by atoms with van der Waals surface area (Å²) in [5.41, 5.74) is 2.46. The van der Waals surface area contributed by atoms with Gasteiger partial charge in [0.15, 0.2) is 0 Å². The van der Waals surface area contributed by atoms with Gasteiger partial charge in [-0.25, -0.2) is 0 Å². The fourth-order valence-corrected chi connectivity index (χ4v) is 2.91. The quantitative estimate of drug-likeness (QED) is 0.882. The topological polar surface area (TPSA) is 12.0 Å². The van der Waals surface area contributed by atoms with Crippen LogP contribution in [0.5, 0.6) is 0 Å². The van der Waals surface area contributed by atoms with Crippen molar-refractivity contribution in [1.29, 1.82) is 0 Å². The summed E-state index contributed by atoms with van der Waals surface area (Å²) in [5, 5.41) is 7.20. The molecule has 1 heterocycles. The maximum absolute atomic E-state index is 12.5. The number of nitrogens with one attached hydrogen (secondary N) is 1. The first-order chi connectivity index (χ1) is 8.93. The van der Waals surface area contributed by atoms with Gasteiger partial charge in [0, 0.05) is 0 Å². The molecule has 102 valence electrons. The molecule has 0 bridgehead atoms. The summed E-state index contributed by atoms with van der Waals surface area (Å²) >= 11 is 1.59. The van der Waals surface area contributed by atoms with E-state index in [9.17, 15) is 13.2 Å². The highest BCUT2D eigenvalue weighted by Gasteiger charge is 2.30. The molecule has 1 atom stereocenters. The van der Waals surface area contributed by atoms with Crippen LogP contribution in [0.25, 0.3) is 0 Å². The molecule has 0 saturated heterocycles. The molecule has 0 aliphatic heterocycles. The smallest absolute Gasteiger partial charge is 0.309 e. The Morgan fingerprint density at radius 1 is 1.11 bits per heavy atom. The first-order valence-corrected chi connectivity index (χ1v) is 6.75. The van der Waals surface area contributed by atoms with E-state index >= 15 is 0 Å². The second kappa shape index (κ2) is 5.35. The van der Waals surface area contributed by atoms with Crippen LogP contribution < -0.4 is 5.32 Å². The Morgan fingerprint density at radius 2 is 1.74 bits per heavy atom. The van der Waals surface area contributed by atoms with E-state index in [1.807, 2.05) is 17.7 Å². The van der Waals surface area contributed by atoms with Gasteiger partial charge in [-0.1, -0.05) is 12.1 Å². The lowest BCUT2D eigenvalue weighted by Crippen LogP contribution is -2.18. The lowest BCUT2D eigenvalue weighted by molar-refractivity contribution is -0.137. The third-order valence-electron chi connectivity index (χ3n) is 3.07.